The van der Waals surface area contributed by atoms with Crippen LogP contribution >= 0.6 is 0 Å². The van der Waals surface area contributed by atoms with Gasteiger partial charge in [0.25, 0.3) is 5.88 Å². The van der Waals surface area contributed by atoms with Gasteiger partial charge in [-0.2, -0.15) is 4.98 Å². The Morgan fingerprint density at radius 3 is 2.65 bits per heavy atom. The molecule has 7 nitrogen and oxygen atoms in total. The fraction of sp³-hybridized carbons (Fsp3) is 0.600. The van der Waals surface area contributed by atoms with Crippen LogP contribution in [0.3, 0.4) is 0 Å². The van der Waals surface area contributed by atoms with Crippen LogP contribution in [0, 0.1) is 17.0 Å². The number of nitrogen functional groups attached to an aromatic ring is 1. The van der Waals surface area contributed by atoms with E-state index in [2.05, 4.69) is 9.97 Å². The number of nitro groups is 1. The highest BCUT2D eigenvalue weighted by molar-refractivity contribution is 5.47. The van der Waals surface area contributed by atoms with E-state index in [0.717, 1.165) is 25.7 Å². The summed E-state index contributed by atoms with van der Waals surface area (Å²) in [4.78, 5) is 18.0. The second kappa shape index (κ2) is 4.52. The van der Waals surface area contributed by atoms with Crippen LogP contribution in [0.5, 0.6) is 5.88 Å². The topological polar surface area (TPSA) is 104 Å². The molecule has 1 aromatic heterocycles. The van der Waals surface area contributed by atoms with Crippen molar-refractivity contribution in [2.75, 3.05) is 5.73 Å². The van der Waals surface area contributed by atoms with Crippen molar-refractivity contribution in [1.29, 1.82) is 0 Å². The molecule has 0 amide bonds. The van der Waals surface area contributed by atoms with Gasteiger partial charge in [0, 0.05) is 0 Å². The molecule has 1 aromatic rings. The summed E-state index contributed by atoms with van der Waals surface area (Å²) in [6, 6.07) is 0. The SMILES string of the molecule is Cc1nc(N)nc(OC2CCCC2)c1[N+](=O)[O-]. The molecule has 0 radical (unpaired) electrons. The summed E-state index contributed by atoms with van der Waals surface area (Å²) < 4.78 is 5.56. The Morgan fingerprint density at radius 2 is 2.06 bits per heavy atom. The molecule has 1 saturated carbocycles. The molecule has 0 bridgehead atoms. The second-order valence-electron chi connectivity index (χ2n) is 4.10. The molecule has 0 aliphatic heterocycles. The number of aryl methyl sites for hydroxylation is 1. The molecule has 1 aliphatic carbocycles. The number of nitrogens with zero attached hydrogens (tertiary/aromatic N) is 3. The normalized spacial score (nSPS) is 16.1. The van der Waals surface area contributed by atoms with Crippen LogP contribution in [-0.4, -0.2) is 21.0 Å². The van der Waals surface area contributed by atoms with E-state index in [9.17, 15) is 10.1 Å². The van der Waals surface area contributed by atoms with E-state index in [4.69, 9.17) is 10.5 Å². The first-order valence-electron chi connectivity index (χ1n) is 5.53. The lowest BCUT2D eigenvalue weighted by atomic mass is 10.3. The van der Waals surface area contributed by atoms with E-state index >= 15 is 0 Å². The fourth-order valence-corrected chi connectivity index (χ4v) is 2.02. The molecule has 1 aliphatic rings. The molecule has 0 unspecified atom stereocenters. The van der Waals surface area contributed by atoms with E-state index < -0.39 is 4.92 Å². The van der Waals surface area contributed by atoms with E-state index in [1.54, 1.807) is 0 Å². The van der Waals surface area contributed by atoms with Gasteiger partial charge in [-0.1, -0.05) is 0 Å². The quantitative estimate of drug-likeness (QED) is 0.633. The number of nitrogens with two attached hydrogens (primary N) is 1. The zero-order valence-electron chi connectivity index (χ0n) is 9.55. The third kappa shape index (κ3) is 2.43. The van der Waals surface area contributed by atoms with E-state index in [-0.39, 0.29) is 29.3 Å². The van der Waals surface area contributed by atoms with Crippen LogP contribution in [0.1, 0.15) is 31.4 Å². The number of anilines is 1. The van der Waals surface area contributed by atoms with Crippen molar-refractivity contribution in [2.24, 2.45) is 0 Å². The molecule has 2 rings (SSSR count). The minimum atomic E-state index is -0.529. The summed E-state index contributed by atoms with van der Waals surface area (Å²) in [6.07, 6.45) is 3.97. The monoisotopic (exact) mass is 238 g/mol. The van der Waals surface area contributed by atoms with Crippen LogP contribution in [0.4, 0.5) is 11.6 Å². The number of ether oxygens (including phenoxy) is 1. The van der Waals surface area contributed by atoms with Gasteiger partial charge in [0.05, 0.1) is 4.92 Å². The molecule has 1 fully saturated rings. The lowest BCUT2D eigenvalue weighted by molar-refractivity contribution is -0.387. The Bertz CT molecular complexity index is 443. The van der Waals surface area contributed by atoms with Crippen LogP contribution in [0.25, 0.3) is 0 Å². The number of rotatable bonds is 3. The standard InChI is InChI=1S/C10H14N4O3/c1-6-8(14(15)16)9(13-10(11)12-6)17-7-4-2-3-5-7/h7H,2-5H2,1H3,(H2,11,12,13). The number of aromatic nitrogens is 2. The van der Waals surface area contributed by atoms with Crippen LogP contribution in [0.15, 0.2) is 0 Å². The lowest BCUT2D eigenvalue weighted by Crippen LogP contribution is -2.15. The summed E-state index contributed by atoms with van der Waals surface area (Å²) in [5.74, 6) is -0.00648. The maximum atomic E-state index is 10.9. The van der Waals surface area contributed by atoms with Gasteiger partial charge in [0.2, 0.25) is 5.95 Å². The van der Waals surface area contributed by atoms with Gasteiger partial charge in [-0.25, -0.2) is 4.98 Å². The van der Waals surface area contributed by atoms with Gasteiger partial charge in [0.1, 0.15) is 11.8 Å². The third-order valence-electron chi connectivity index (χ3n) is 2.81. The van der Waals surface area contributed by atoms with E-state index in [0.29, 0.717) is 0 Å². The first-order valence-corrected chi connectivity index (χ1v) is 5.53. The molecular weight excluding hydrogens is 224 g/mol. The minimum Gasteiger partial charge on any atom is -0.469 e. The molecule has 92 valence electrons. The Hall–Kier alpha value is -1.92. The molecule has 1 heterocycles. The van der Waals surface area contributed by atoms with Gasteiger partial charge >= 0.3 is 5.69 Å². The van der Waals surface area contributed by atoms with Crippen molar-refractivity contribution in [3.8, 4) is 5.88 Å². The summed E-state index contributed by atoms with van der Waals surface area (Å²) in [5.41, 5.74) is 5.52. The average Bonchev–Trinajstić information content (AvgIpc) is 2.68. The van der Waals surface area contributed by atoms with Crippen LogP contribution < -0.4 is 10.5 Å². The maximum Gasteiger partial charge on any atom is 0.352 e. The first-order chi connectivity index (χ1) is 8.08. The Labute approximate surface area is 98.2 Å². The summed E-state index contributed by atoms with van der Waals surface area (Å²) >= 11 is 0. The molecule has 17 heavy (non-hydrogen) atoms. The molecule has 0 atom stereocenters. The zero-order chi connectivity index (χ0) is 12.4. The molecule has 7 heteroatoms. The van der Waals surface area contributed by atoms with Crippen LogP contribution in [-0.2, 0) is 0 Å². The van der Waals surface area contributed by atoms with Crippen molar-refractivity contribution in [3.63, 3.8) is 0 Å². The fourth-order valence-electron chi connectivity index (χ4n) is 2.02. The predicted octanol–water partition coefficient (Wildman–Crippen LogP) is 1.60. The number of hydrogen-bond acceptors (Lipinski definition) is 6. The summed E-state index contributed by atoms with van der Waals surface area (Å²) in [5, 5.41) is 10.9. The molecule has 0 aromatic carbocycles. The maximum absolute atomic E-state index is 10.9. The van der Waals surface area contributed by atoms with Crippen molar-refractivity contribution in [3.05, 3.63) is 15.8 Å². The Kier molecular flexibility index (Phi) is 3.08. The Morgan fingerprint density at radius 1 is 1.41 bits per heavy atom. The molecular formula is C10H14N4O3. The van der Waals surface area contributed by atoms with Gasteiger partial charge in [-0.15, -0.1) is 0 Å². The zero-order valence-corrected chi connectivity index (χ0v) is 9.55. The van der Waals surface area contributed by atoms with E-state index in [1.165, 1.54) is 6.92 Å². The van der Waals surface area contributed by atoms with Gasteiger partial charge in [0.15, 0.2) is 0 Å². The van der Waals surface area contributed by atoms with Crippen molar-refractivity contribution >= 4 is 11.6 Å². The van der Waals surface area contributed by atoms with Gasteiger partial charge in [-0.3, -0.25) is 10.1 Å². The second-order valence-corrected chi connectivity index (χ2v) is 4.10. The van der Waals surface area contributed by atoms with Crippen molar-refractivity contribution in [2.45, 2.75) is 38.7 Å². The smallest absolute Gasteiger partial charge is 0.352 e. The van der Waals surface area contributed by atoms with E-state index in [1.807, 2.05) is 0 Å². The number of hydrogen-bond donors (Lipinski definition) is 1. The summed E-state index contributed by atoms with van der Waals surface area (Å²) in [6.45, 7) is 1.53. The van der Waals surface area contributed by atoms with Crippen molar-refractivity contribution in [1.82, 2.24) is 9.97 Å². The Balaban J connectivity index is 2.32. The van der Waals surface area contributed by atoms with Gasteiger partial charge < -0.3 is 10.5 Å². The largest absolute Gasteiger partial charge is 0.469 e. The first kappa shape index (κ1) is 11.6. The van der Waals surface area contributed by atoms with Crippen LogP contribution in [0.2, 0.25) is 0 Å². The highest BCUT2D eigenvalue weighted by Gasteiger charge is 2.26. The van der Waals surface area contributed by atoms with Crippen molar-refractivity contribution < 1.29 is 9.66 Å². The lowest BCUT2D eigenvalue weighted by Gasteiger charge is -2.12. The third-order valence-corrected chi connectivity index (χ3v) is 2.81. The minimum absolute atomic E-state index is 0.00102. The molecule has 0 spiro atoms. The highest BCUT2D eigenvalue weighted by atomic mass is 16.6. The van der Waals surface area contributed by atoms with Gasteiger partial charge in [-0.05, 0) is 32.6 Å². The average molecular weight is 238 g/mol. The highest BCUT2D eigenvalue weighted by Crippen LogP contribution is 2.31. The molecule has 2 N–H and O–H groups in total. The predicted molar refractivity (Wildman–Crippen MR) is 60.7 cm³/mol. The molecule has 0 saturated heterocycles. The summed E-state index contributed by atoms with van der Waals surface area (Å²) in [7, 11) is 0.